The number of hydrogen-bond acceptors (Lipinski definition) is 4. The highest BCUT2D eigenvalue weighted by atomic mass is 35.5. The molecule has 0 aliphatic rings. The smallest absolute Gasteiger partial charge is 0.288 e. The van der Waals surface area contributed by atoms with Gasteiger partial charge >= 0.3 is 0 Å². The number of hydrogen-bond donors (Lipinski definition) is 0. The van der Waals surface area contributed by atoms with Crippen LogP contribution in [0.2, 0.25) is 30.7 Å². The first-order valence-corrected chi connectivity index (χ1v) is 10.2. The molecule has 0 aromatic carbocycles. The molecule has 0 amide bonds. The third kappa shape index (κ3) is 5.26. The summed E-state index contributed by atoms with van der Waals surface area (Å²) in [6.45, 7) is 7.46. The maximum atomic E-state index is 11.8. The van der Waals surface area contributed by atoms with E-state index in [1.807, 2.05) is 0 Å². The molecule has 7 heteroatoms. The summed E-state index contributed by atoms with van der Waals surface area (Å²) < 4.78 is 6.61. The Kier molecular flexibility index (Phi) is 5.90. The molecule has 0 spiro atoms. The Hall–Kier alpha value is -0.983. The van der Waals surface area contributed by atoms with Crippen LogP contribution in [0.25, 0.3) is 0 Å². The van der Waals surface area contributed by atoms with E-state index < -0.39 is 13.6 Å². The van der Waals surface area contributed by atoms with Crippen LogP contribution >= 0.6 is 11.6 Å². The quantitative estimate of drug-likeness (QED) is 0.439. The van der Waals surface area contributed by atoms with Crippen LogP contribution in [-0.4, -0.2) is 30.7 Å². The number of halogens is 1. The minimum absolute atomic E-state index is 0.0379. The van der Waals surface area contributed by atoms with Gasteiger partial charge in [-0.2, -0.15) is 5.10 Å². The van der Waals surface area contributed by atoms with E-state index >= 15 is 0 Å². The molecule has 0 N–H and O–H groups in total. The summed E-state index contributed by atoms with van der Waals surface area (Å²) in [6, 6.07) is 1.03. The summed E-state index contributed by atoms with van der Waals surface area (Å²) in [5, 5.41) is 3.98. The highest BCUT2D eigenvalue weighted by Gasteiger charge is 2.13. The van der Waals surface area contributed by atoms with E-state index in [0.29, 0.717) is 18.5 Å². The summed E-state index contributed by atoms with van der Waals surface area (Å²) in [7, 11) is -1.14. The monoisotopic (exact) mass is 302 g/mol. The number of aromatic nitrogens is 2. The van der Waals surface area contributed by atoms with E-state index in [0.717, 1.165) is 6.04 Å². The molecule has 0 atom stereocenters. The Morgan fingerprint density at radius 2 is 2.16 bits per heavy atom. The van der Waals surface area contributed by atoms with Gasteiger partial charge in [-0.1, -0.05) is 31.2 Å². The molecule has 0 saturated carbocycles. The molecule has 1 heterocycles. The molecule has 5 nitrogen and oxygen atoms in total. The molecule has 0 aliphatic heterocycles. The maximum Gasteiger partial charge on any atom is 0.288 e. The maximum absolute atomic E-state index is 11.8. The van der Waals surface area contributed by atoms with Gasteiger partial charge in [0.1, 0.15) is 18.0 Å². The predicted octanol–water partition coefficient (Wildman–Crippen LogP) is 1.95. The van der Waals surface area contributed by atoms with Crippen LogP contribution in [0.1, 0.15) is 5.56 Å². The van der Waals surface area contributed by atoms with E-state index in [4.69, 9.17) is 16.3 Å². The molecule has 1 aromatic heterocycles. The third-order valence-corrected chi connectivity index (χ3v) is 4.68. The fraction of sp³-hybridized carbons (Fsp3) is 0.583. The Morgan fingerprint density at radius 1 is 1.47 bits per heavy atom. The normalized spacial score (nSPS) is 11.6. The van der Waals surface area contributed by atoms with Gasteiger partial charge in [0.25, 0.3) is 5.56 Å². The van der Waals surface area contributed by atoms with Crippen molar-refractivity contribution in [3.8, 4) is 0 Å². The van der Waals surface area contributed by atoms with Crippen molar-refractivity contribution < 1.29 is 9.53 Å². The van der Waals surface area contributed by atoms with Gasteiger partial charge < -0.3 is 9.53 Å². The molecular weight excluding hydrogens is 284 g/mol. The second kappa shape index (κ2) is 6.98. The number of aldehydes is 1. The standard InChI is InChI=1S/C12H19ClN2O3Si/c1-19(2,3)7-6-18-9-15-12(17)11(13)10(4-5-16)8-14-15/h5,8H,4,6-7,9H2,1-3H3. The van der Waals surface area contributed by atoms with Gasteiger partial charge in [0, 0.05) is 26.7 Å². The Bertz CT molecular complexity index is 497. The molecule has 1 rings (SSSR count). The second-order valence-electron chi connectivity index (χ2n) is 5.51. The summed E-state index contributed by atoms with van der Waals surface area (Å²) in [6.07, 6.45) is 2.22. The minimum atomic E-state index is -1.14. The van der Waals surface area contributed by atoms with Gasteiger partial charge in [-0.05, 0) is 6.04 Å². The average Bonchev–Trinajstić information content (AvgIpc) is 2.32. The van der Waals surface area contributed by atoms with Gasteiger partial charge in [0.15, 0.2) is 0 Å². The number of carbonyl (C=O) groups is 1. The van der Waals surface area contributed by atoms with E-state index in [1.54, 1.807) is 0 Å². The topological polar surface area (TPSA) is 61.2 Å². The van der Waals surface area contributed by atoms with Crippen molar-refractivity contribution in [2.24, 2.45) is 0 Å². The van der Waals surface area contributed by atoms with Crippen LogP contribution < -0.4 is 5.56 Å². The van der Waals surface area contributed by atoms with Crippen LogP contribution in [-0.2, 0) is 22.7 Å². The molecule has 0 bridgehead atoms. The van der Waals surface area contributed by atoms with Gasteiger partial charge in [-0.15, -0.1) is 0 Å². The number of nitrogens with zero attached hydrogens (tertiary/aromatic N) is 2. The average molecular weight is 303 g/mol. The Morgan fingerprint density at radius 3 is 2.74 bits per heavy atom. The van der Waals surface area contributed by atoms with Crippen LogP contribution in [0.4, 0.5) is 0 Å². The predicted molar refractivity (Wildman–Crippen MR) is 77.4 cm³/mol. The molecule has 0 fully saturated rings. The fourth-order valence-corrected chi connectivity index (χ4v) is 2.33. The van der Waals surface area contributed by atoms with Crippen LogP contribution in [0.3, 0.4) is 0 Å². The van der Waals surface area contributed by atoms with E-state index in [1.165, 1.54) is 10.9 Å². The van der Waals surface area contributed by atoms with Gasteiger partial charge in [0.05, 0.1) is 6.20 Å². The first-order chi connectivity index (χ1) is 8.85. The van der Waals surface area contributed by atoms with Crippen LogP contribution in [0, 0.1) is 0 Å². The lowest BCUT2D eigenvalue weighted by atomic mass is 10.2. The fourth-order valence-electron chi connectivity index (χ4n) is 1.35. The molecule has 1 aromatic rings. The zero-order valence-corrected chi connectivity index (χ0v) is 13.2. The SMILES string of the molecule is C[Si](C)(C)CCOCn1ncc(CC=O)c(Cl)c1=O. The molecule has 0 unspecified atom stereocenters. The highest BCUT2D eigenvalue weighted by molar-refractivity contribution is 6.76. The van der Waals surface area contributed by atoms with Crippen molar-refractivity contribution in [3.05, 3.63) is 27.1 Å². The van der Waals surface area contributed by atoms with Crippen molar-refractivity contribution >= 4 is 26.0 Å². The van der Waals surface area contributed by atoms with Crippen LogP contribution in [0.15, 0.2) is 11.0 Å². The largest absolute Gasteiger partial charge is 0.359 e. The second-order valence-corrected chi connectivity index (χ2v) is 11.5. The van der Waals surface area contributed by atoms with Crippen molar-refractivity contribution in [3.63, 3.8) is 0 Å². The lowest BCUT2D eigenvalue weighted by Crippen LogP contribution is -2.27. The Labute approximate surface area is 118 Å². The number of rotatable bonds is 7. The lowest BCUT2D eigenvalue weighted by molar-refractivity contribution is -0.107. The van der Waals surface area contributed by atoms with Gasteiger partial charge in [-0.25, -0.2) is 4.68 Å². The molecular formula is C12H19ClN2O3Si. The first kappa shape index (κ1) is 16.1. The highest BCUT2D eigenvalue weighted by Crippen LogP contribution is 2.09. The molecule has 19 heavy (non-hydrogen) atoms. The van der Waals surface area contributed by atoms with Crippen LogP contribution in [0.5, 0.6) is 0 Å². The minimum Gasteiger partial charge on any atom is -0.359 e. The molecule has 0 radical (unpaired) electrons. The van der Waals surface area contributed by atoms with Crippen molar-refractivity contribution in [2.45, 2.75) is 38.8 Å². The molecule has 0 saturated heterocycles. The van der Waals surface area contributed by atoms with Gasteiger partial charge in [0.2, 0.25) is 0 Å². The first-order valence-electron chi connectivity index (χ1n) is 6.11. The summed E-state index contributed by atoms with van der Waals surface area (Å²) in [4.78, 5) is 22.2. The van der Waals surface area contributed by atoms with Gasteiger partial charge in [-0.3, -0.25) is 4.79 Å². The number of carbonyl (C=O) groups excluding carboxylic acids is 1. The number of ether oxygens (including phenoxy) is 1. The van der Waals surface area contributed by atoms with Crippen molar-refractivity contribution in [2.75, 3.05) is 6.61 Å². The Balaban J connectivity index is 2.63. The third-order valence-electron chi connectivity index (χ3n) is 2.57. The molecule has 106 valence electrons. The van der Waals surface area contributed by atoms with Crippen molar-refractivity contribution in [1.29, 1.82) is 0 Å². The lowest BCUT2D eigenvalue weighted by Gasteiger charge is -2.15. The summed E-state index contributed by atoms with van der Waals surface area (Å²) >= 11 is 5.88. The zero-order chi connectivity index (χ0) is 14.5. The molecule has 0 aliphatic carbocycles. The van der Waals surface area contributed by atoms with Crippen molar-refractivity contribution in [1.82, 2.24) is 9.78 Å². The van der Waals surface area contributed by atoms with E-state index in [-0.39, 0.29) is 18.2 Å². The van der Waals surface area contributed by atoms with E-state index in [2.05, 4.69) is 24.7 Å². The summed E-state index contributed by atoms with van der Waals surface area (Å²) in [5.74, 6) is 0. The van der Waals surface area contributed by atoms with E-state index in [9.17, 15) is 9.59 Å². The zero-order valence-electron chi connectivity index (χ0n) is 11.5. The summed E-state index contributed by atoms with van der Waals surface area (Å²) in [5.41, 5.74) is 0.0223.